The number of methoxy groups -OCH3 is 2. The molecule has 0 saturated heterocycles. The summed E-state index contributed by atoms with van der Waals surface area (Å²) in [5, 5.41) is 2.01. The van der Waals surface area contributed by atoms with E-state index in [2.05, 4.69) is 74.3 Å². The molecule has 0 aromatic heterocycles. The van der Waals surface area contributed by atoms with Crippen LogP contribution in [0.1, 0.15) is 11.1 Å². The molecule has 0 aliphatic heterocycles. The first-order chi connectivity index (χ1) is 12.1. The molecule has 0 unspecified atom stereocenters. The second-order valence-electron chi connectivity index (χ2n) is 8.39. The van der Waals surface area contributed by atoms with Crippen molar-refractivity contribution in [2.45, 2.75) is 39.3 Å². The SMILES string of the molecule is COc1c(C#C[Si](C)(C)C)ccc2c(OC)c(C#C[Si](C)(C)C)ccc12. The van der Waals surface area contributed by atoms with Gasteiger partial charge in [0.2, 0.25) is 0 Å². The van der Waals surface area contributed by atoms with Crippen LogP contribution in [0.15, 0.2) is 24.3 Å². The maximum Gasteiger partial charge on any atom is 0.142 e. The second kappa shape index (κ2) is 7.62. The molecule has 0 aliphatic carbocycles. The highest BCUT2D eigenvalue weighted by Crippen LogP contribution is 2.36. The fourth-order valence-corrected chi connectivity index (χ4v) is 3.52. The number of benzene rings is 2. The lowest BCUT2D eigenvalue weighted by molar-refractivity contribution is 0.414. The van der Waals surface area contributed by atoms with Gasteiger partial charge in [0.05, 0.1) is 25.3 Å². The number of ether oxygens (including phenoxy) is 2. The Morgan fingerprint density at radius 3 is 1.23 bits per heavy atom. The van der Waals surface area contributed by atoms with E-state index in [1.54, 1.807) is 14.2 Å². The van der Waals surface area contributed by atoms with Crippen molar-refractivity contribution in [3.05, 3.63) is 35.4 Å². The Kier molecular flexibility index (Phi) is 5.91. The van der Waals surface area contributed by atoms with Gasteiger partial charge in [0, 0.05) is 10.8 Å². The fraction of sp³-hybridized carbons (Fsp3) is 0.364. The minimum atomic E-state index is -1.45. The Morgan fingerprint density at radius 2 is 0.962 bits per heavy atom. The predicted molar refractivity (Wildman–Crippen MR) is 118 cm³/mol. The topological polar surface area (TPSA) is 18.5 Å². The molecule has 0 amide bonds. The summed E-state index contributed by atoms with van der Waals surface area (Å²) >= 11 is 0. The number of fused-ring (bicyclic) bond motifs is 1. The van der Waals surface area contributed by atoms with Crippen LogP contribution in [-0.4, -0.2) is 30.4 Å². The summed E-state index contributed by atoms with van der Waals surface area (Å²) in [6.45, 7) is 13.4. The maximum absolute atomic E-state index is 5.71. The van der Waals surface area contributed by atoms with E-state index in [1.165, 1.54) is 0 Å². The molecule has 136 valence electrons. The molecule has 0 bridgehead atoms. The average molecular weight is 381 g/mol. The van der Waals surface area contributed by atoms with E-state index >= 15 is 0 Å². The summed E-state index contributed by atoms with van der Waals surface area (Å²) in [5.74, 6) is 8.24. The Hall–Kier alpha value is -2.15. The highest BCUT2D eigenvalue weighted by Gasteiger charge is 2.15. The summed E-state index contributed by atoms with van der Waals surface area (Å²) in [4.78, 5) is 0. The number of rotatable bonds is 2. The van der Waals surface area contributed by atoms with Crippen molar-refractivity contribution in [2.75, 3.05) is 14.2 Å². The van der Waals surface area contributed by atoms with E-state index < -0.39 is 16.1 Å². The molecule has 0 heterocycles. The monoisotopic (exact) mass is 380 g/mol. The van der Waals surface area contributed by atoms with Crippen LogP contribution in [0, 0.1) is 22.9 Å². The zero-order valence-electron chi connectivity index (χ0n) is 17.1. The standard InChI is InChI=1S/C22H28O2Si2/c1-23-21-17(13-15-25(3,4)5)9-12-20-19(21)11-10-18(22(20)24-2)14-16-26(6,7)8/h9-12H,1-8H3. The first-order valence-electron chi connectivity index (χ1n) is 8.80. The molecule has 26 heavy (non-hydrogen) atoms. The molecule has 0 saturated carbocycles. The van der Waals surface area contributed by atoms with Crippen molar-refractivity contribution >= 4 is 26.9 Å². The summed E-state index contributed by atoms with van der Waals surface area (Å²) in [6.07, 6.45) is 0. The van der Waals surface area contributed by atoms with Crippen molar-refractivity contribution in [3.63, 3.8) is 0 Å². The van der Waals surface area contributed by atoms with Gasteiger partial charge in [0.25, 0.3) is 0 Å². The quantitative estimate of drug-likeness (QED) is 0.519. The third-order valence-corrected chi connectivity index (χ3v) is 5.40. The molecule has 2 aromatic rings. The van der Waals surface area contributed by atoms with Gasteiger partial charge in [0.15, 0.2) is 0 Å². The van der Waals surface area contributed by atoms with Crippen molar-refractivity contribution in [2.24, 2.45) is 0 Å². The molecule has 2 aromatic carbocycles. The smallest absolute Gasteiger partial charge is 0.142 e. The van der Waals surface area contributed by atoms with Crippen molar-refractivity contribution in [1.29, 1.82) is 0 Å². The number of hydrogen-bond acceptors (Lipinski definition) is 2. The molecule has 0 fully saturated rings. The van der Waals surface area contributed by atoms with Gasteiger partial charge in [-0.1, -0.05) is 51.1 Å². The molecule has 0 atom stereocenters. The highest BCUT2D eigenvalue weighted by atomic mass is 28.3. The van der Waals surface area contributed by atoms with Crippen LogP contribution in [0.3, 0.4) is 0 Å². The lowest BCUT2D eigenvalue weighted by atomic mass is 10.0. The first kappa shape index (κ1) is 20.2. The lowest BCUT2D eigenvalue weighted by Crippen LogP contribution is -2.16. The van der Waals surface area contributed by atoms with Crippen LogP contribution in [0.4, 0.5) is 0 Å². The van der Waals surface area contributed by atoms with Crippen LogP contribution >= 0.6 is 0 Å². The average Bonchev–Trinajstić information content (AvgIpc) is 2.55. The predicted octanol–water partition coefficient (Wildman–Crippen LogP) is 5.31. The largest absolute Gasteiger partial charge is 0.495 e. The summed E-state index contributed by atoms with van der Waals surface area (Å²) < 4.78 is 11.4. The third-order valence-electron chi connectivity index (χ3n) is 3.65. The molecule has 0 aliphatic rings. The summed E-state index contributed by atoms with van der Waals surface area (Å²) in [6, 6.07) is 8.16. The summed E-state index contributed by atoms with van der Waals surface area (Å²) in [7, 11) is 0.480. The Morgan fingerprint density at radius 1 is 0.615 bits per heavy atom. The normalized spacial score (nSPS) is 11.2. The van der Waals surface area contributed by atoms with Crippen LogP contribution in [-0.2, 0) is 0 Å². The molecular formula is C22H28O2Si2. The van der Waals surface area contributed by atoms with E-state index in [4.69, 9.17) is 9.47 Å². The van der Waals surface area contributed by atoms with Crippen LogP contribution < -0.4 is 9.47 Å². The van der Waals surface area contributed by atoms with E-state index in [9.17, 15) is 0 Å². The number of hydrogen-bond donors (Lipinski definition) is 0. The van der Waals surface area contributed by atoms with Gasteiger partial charge in [-0.2, -0.15) is 0 Å². The van der Waals surface area contributed by atoms with Gasteiger partial charge in [-0.05, 0) is 24.3 Å². The zero-order valence-corrected chi connectivity index (χ0v) is 19.1. The molecular weight excluding hydrogens is 352 g/mol. The molecule has 0 N–H and O–H groups in total. The molecule has 2 rings (SSSR count). The van der Waals surface area contributed by atoms with Gasteiger partial charge >= 0.3 is 0 Å². The van der Waals surface area contributed by atoms with Crippen molar-refractivity contribution < 1.29 is 9.47 Å². The minimum Gasteiger partial charge on any atom is -0.495 e. The molecule has 0 spiro atoms. The minimum absolute atomic E-state index is 0.802. The van der Waals surface area contributed by atoms with E-state index in [1.807, 2.05) is 12.1 Å². The molecule has 4 heteroatoms. The van der Waals surface area contributed by atoms with E-state index in [0.717, 1.165) is 33.4 Å². The van der Waals surface area contributed by atoms with Crippen molar-refractivity contribution in [1.82, 2.24) is 0 Å². The Labute approximate surface area is 159 Å². The Bertz CT molecular complexity index is 861. The van der Waals surface area contributed by atoms with Gasteiger partial charge in [-0.3, -0.25) is 0 Å². The van der Waals surface area contributed by atoms with E-state index in [-0.39, 0.29) is 0 Å². The maximum atomic E-state index is 5.71. The van der Waals surface area contributed by atoms with Gasteiger partial charge in [-0.15, -0.1) is 11.1 Å². The highest BCUT2D eigenvalue weighted by molar-refractivity contribution is 6.84. The van der Waals surface area contributed by atoms with Crippen LogP contribution in [0.2, 0.25) is 39.3 Å². The Balaban J connectivity index is 2.70. The van der Waals surface area contributed by atoms with Crippen molar-refractivity contribution in [3.8, 4) is 34.4 Å². The zero-order chi connectivity index (χ0) is 19.5. The first-order valence-corrected chi connectivity index (χ1v) is 15.8. The third kappa shape index (κ3) is 4.94. The van der Waals surface area contributed by atoms with Crippen LogP contribution in [0.25, 0.3) is 10.8 Å². The molecule has 0 radical (unpaired) electrons. The molecule has 2 nitrogen and oxygen atoms in total. The second-order valence-corrected chi connectivity index (χ2v) is 17.9. The van der Waals surface area contributed by atoms with Gasteiger partial charge in [0.1, 0.15) is 27.6 Å². The summed E-state index contributed by atoms with van der Waals surface area (Å²) in [5.41, 5.74) is 8.67. The van der Waals surface area contributed by atoms with Gasteiger partial charge < -0.3 is 9.47 Å². The van der Waals surface area contributed by atoms with E-state index in [0.29, 0.717) is 0 Å². The van der Waals surface area contributed by atoms with Gasteiger partial charge in [-0.25, -0.2) is 0 Å². The lowest BCUT2D eigenvalue weighted by Gasteiger charge is -2.13. The van der Waals surface area contributed by atoms with Crippen LogP contribution in [0.5, 0.6) is 11.5 Å². The fourth-order valence-electron chi connectivity index (χ4n) is 2.50.